The van der Waals surface area contributed by atoms with E-state index in [1.807, 2.05) is 65.8 Å². The van der Waals surface area contributed by atoms with Gasteiger partial charge < -0.3 is 9.64 Å². The van der Waals surface area contributed by atoms with Crippen LogP contribution in [-0.4, -0.2) is 35.6 Å². The predicted molar refractivity (Wildman–Crippen MR) is 92.5 cm³/mol. The monoisotopic (exact) mass is 320 g/mol. The zero-order valence-corrected chi connectivity index (χ0v) is 15.0. The van der Waals surface area contributed by atoms with Gasteiger partial charge in [-0.1, -0.05) is 32.0 Å². The largest absolute Gasteiger partial charge is 0.444 e. The number of hydrogen-bond acceptors (Lipinski definition) is 3. The molecule has 0 aromatic heterocycles. The van der Waals surface area contributed by atoms with Crippen molar-refractivity contribution in [2.45, 2.75) is 53.7 Å². The number of para-hydroxylation sites is 1. The lowest BCUT2D eigenvalue weighted by atomic mass is 10.1. The third-order valence-electron chi connectivity index (χ3n) is 3.24. The second-order valence-electron chi connectivity index (χ2n) is 6.10. The molecule has 23 heavy (non-hydrogen) atoms. The van der Waals surface area contributed by atoms with Gasteiger partial charge in [0.2, 0.25) is 5.91 Å². The van der Waals surface area contributed by atoms with Crippen molar-refractivity contribution in [3.8, 4) is 0 Å². The summed E-state index contributed by atoms with van der Waals surface area (Å²) in [6, 6.07) is 7.66. The third kappa shape index (κ3) is 4.98. The van der Waals surface area contributed by atoms with Gasteiger partial charge in [-0.2, -0.15) is 0 Å². The van der Waals surface area contributed by atoms with Crippen molar-refractivity contribution in [2.75, 3.05) is 18.0 Å². The molecule has 1 aromatic rings. The summed E-state index contributed by atoms with van der Waals surface area (Å²) < 4.78 is 5.38. The minimum atomic E-state index is -0.573. The first kappa shape index (κ1) is 19.0. The van der Waals surface area contributed by atoms with E-state index in [9.17, 15) is 9.59 Å². The average molecular weight is 320 g/mol. The van der Waals surface area contributed by atoms with Gasteiger partial charge in [0.15, 0.2) is 0 Å². The summed E-state index contributed by atoms with van der Waals surface area (Å²) in [6.07, 6.45) is -0.455. The van der Waals surface area contributed by atoms with Crippen LogP contribution in [0.1, 0.15) is 47.1 Å². The van der Waals surface area contributed by atoms with E-state index in [0.29, 0.717) is 13.1 Å². The topological polar surface area (TPSA) is 49.9 Å². The summed E-state index contributed by atoms with van der Waals surface area (Å²) in [7, 11) is 0. The highest BCUT2D eigenvalue weighted by Gasteiger charge is 2.30. The first-order valence-electron chi connectivity index (χ1n) is 8.18. The number of hydrogen-bond donors (Lipinski definition) is 0. The molecule has 5 heteroatoms. The van der Waals surface area contributed by atoms with E-state index in [1.54, 1.807) is 4.90 Å². The lowest BCUT2D eigenvalue weighted by Gasteiger charge is -2.26. The molecule has 0 saturated heterocycles. The lowest BCUT2D eigenvalue weighted by Crippen LogP contribution is -2.42. The summed E-state index contributed by atoms with van der Waals surface area (Å²) in [5.41, 5.74) is 1.25. The predicted octanol–water partition coefficient (Wildman–Crippen LogP) is 3.82. The van der Waals surface area contributed by atoms with Crippen LogP contribution in [0.4, 0.5) is 10.5 Å². The molecule has 5 nitrogen and oxygen atoms in total. The molecule has 1 aliphatic heterocycles. The number of anilines is 1. The number of carbonyl (C=O) groups excluding carboxylic acids is 2. The van der Waals surface area contributed by atoms with Gasteiger partial charge >= 0.3 is 6.09 Å². The molecular weight excluding hydrogens is 292 g/mol. The van der Waals surface area contributed by atoms with Crippen molar-refractivity contribution in [3.05, 3.63) is 29.8 Å². The van der Waals surface area contributed by atoms with Crippen molar-refractivity contribution >= 4 is 17.7 Å². The Morgan fingerprint density at radius 1 is 1.17 bits per heavy atom. The molecule has 0 fully saturated rings. The molecule has 0 radical (unpaired) electrons. The Bertz CT molecular complexity index is 549. The lowest BCUT2D eigenvalue weighted by molar-refractivity contribution is -0.119. The Labute approximate surface area is 139 Å². The highest BCUT2D eigenvalue weighted by molar-refractivity contribution is 5.97. The van der Waals surface area contributed by atoms with Crippen LogP contribution in [0.25, 0.3) is 0 Å². The molecule has 0 N–H and O–H groups in total. The molecule has 0 aliphatic carbocycles. The second kappa shape index (κ2) is 7.99. The number of likely N-dealkylation sites (N-methyl/N-ethyl adjacent to an activating group) is 1. The van der Waals surface area contributed by atoms with Gasteiger partial charge in [0.1, 0.15) is 12.1 Å². The van der Waals surface area contributed by atoms with Crippen LogP contribution in [0.5, 0.6) is 0 Å². The van der Waals surface area contributed by atoms with Crippen LogP contribution in [-0.2, 0) is 16.1 Å². The van der Waals surface area contributed by atoms with Crippen LogP contribution in [0.2, 0.25) is 0 Å². The summed E-state index contributed by atoms with van der Waals surface area (Å²) in [6.45, 7) is 12.4. The number of amides is 2. The maximum absolute atomic E-state index is 12.4. The molecule has 1 aromatic carbocycles. The zero-order valence-electron chi connectivity index (χ0n) is 15.0. The first-order valence-corrected chi connectivity index (χ1v) is 8.18. The number of nitrogens with zero attached hydrogens (tertiary/aromatic N) is 2. The van der Waals surface area contributed by atoms with Gasteiger partial charge in [0.05, 0.1) is 6.54 Å². The molecule has 0 bridgehead atoms. The fourth-order valence-electron chi connectivity index (χ4n) is 2.35. The molecule has 0 saturated carbocycles. The van der Waals surface area contributed by atoms with Crippen molar-refractivity contribution in [1.82, 2.24) is 4.90 Å². The molecule has 2 rings (SSSR count). The number of ether oxygens (including phenoxy) is 1. The molecule has 0 atom stereocenters. The van der Waals surface area contributed by atoms with E-state index in [4.69, 9.17) is 4.74 Å². The fourth-order valence-corrected chi connectivity index (χ4v) is 2.35. The normalized spacial score (nSPS) is 14.4. The molecule has 128 valence electrons. The summed E-state index contributed by atoms with van der Waals surface area (Å²) in [5, 5.41) is 0. The maximum Gasteiger partial charge on any atom is 0.411 e. The van der Waals surface area contributed by atoms with Gasteiger partial charge in [-0.25, -0.2) is 4.79 Å². The van der Waals surface area contributed by atoms with Crippen molar-refractivity contribution in [2.24, 2.45) is 0 Å². The SMILES string of the molecule is CC.CCN1C(=O)CN(C(=O)OC(C)(C)C)Cc2ccccc21. The molecule has 0 spiro atoms. The van der Waals surface area contributed by atoms with Gasteiger partial charge in [-0.15, -0.1) is 0 Å². The van der Waals surface area contributed by atoms with E-state index >= 15 is 0 Å². The quantitative estimate of drug-likeness (QED) is 0.790. The molecule has 2 amide bonds. The summed E-state index contributed by atoms with van der Waals surface area (Å²) in [5.74, 6) is -0.0895. The van der Waals surface area contributed by atoms with Gasteiger partial charge in [-0.3, -0.25) is 9.69 Å². The molecule has 0 unspecified atom stereocenters. The van der Waals surface area contributed by atoms with E-state index < -0.39 is 11.7 Å². The maximum atomic E-state index is 12.4. The third-order valence-corrected chi connectivity index (χ3v) is 3.24. The smallest absolute Gasteiger partial charge is 0.411 e. The highest BCUT2D eigenvalue weighted by Crippen LogP contribution is 2.26. The molecular formula is C18H28N2O3. The minimum absolute atomic E-state index is 0.0391. The van der Waals surface area contributed by atoms with E-state index in [2.05, 4.69) is 0 Å². The van der Waals surface area contributed by atoms with Gasteiger partial charge in [0.25, 0.3) is 0 Å². The number of benzene rings is 1. The van der Waals surface area contributed by atoms with Crippen LogP contribution in [0, 0.1) is 0 Å². The van der Waals surface area contributed by atoms with E-state index in [0.717, 1.165) is 11.3 Å². The Balaban J connectivity index is 0.00000127. The van der Waals surface area contributed by atoms with Crippen molar-refractivity contribution < 1.29 is 14.3 Å². The molecule has 1 aliphatic rings. The standard InChI is InChI=1S/C16H22N2O3.C2H6/c1-5-18-13-9-7-6-8-12(13)10-17(11-14(18)19)15(20)21-16(2,3)4;1-2/h6-9H,5,10-11H2,1-4H3;1-2H3. The van der Waals surface area contributed by atoms with E-state index in [1.165, 1.54) is 4.90 Å². The number of fused-ring (bicyclic) bond motifs is 1. The second-order valence-corrected chi connectivity index (χ2v) is 6.10. The van der Waals surface area contributed by atoms with Crippen LogP contribution in [0.15, 0.2) is 24.3 Å². The number of carbonyl (C=O) groups is 2. The average Bonchev–Trinajstić information content (AvgIpc) is 2.63. The van der Waals surface area contributed by atoms with Crippen LogP contribution in [0.3, 0.4) is 0 Å². The Morgan fingerprint density at radius 2 is 1.78 bits per heavy atom. The first-order chi connectivity index (χ1) is 10.8. The summed E-state index contributed by atoms with van der Waals surface area (Å²) in [4.78, 5) is 27.8. The Hall–Kier alpha value is -2.04. The fraction of sp³-hybridized carbons (Fsp3) is 0.556. The highest BCUT2D eigenvalue weighted by atomic mass is 16.6. The van der Waals surface area contributed by atoms with E-state index in [-0.39, 0.29) is 12.5 Å². The van der Waals surface area contributed by atoms with Crippen LogP contribution < -0.4 is 4.90 Å². The van der Waals surface area contributed by atoms with Gasteiger partial charge in [0, 0.05) is 12.2 Å². The number of rotatable bonds is 1. The molecule has 1 heterocycles. The zero-order chi connectivity index (χ0) is 17.6. The van der Waals surface area contributed by atoms with Crippen molar-refractivity contribution in [3.63, 3.8) is 0 Å². The van der Waals surface area contributed by atoms with Crippen molar-refractivity contribution in [1.29, 1.82) is 0 Å². The Kier molecular flexibility index (Phi) is 6.61. The van der Waals surface area contributed by atoms with Gasteiger partial charge in [-0.05, 0) is 39.3 Å². The summed E-state index contributed by atoms with van der Waals surface area (Å²) >= 11 is 0. The Morgan fingerprint density at radius 3 is 2.35 bits per heavy atom. The van der Waals surface area contributed by atoms with Crippen LogP contribution >= 0.6 is 0 Å². The minimum Gasteiger partial charge on any atom is -0.444 e.